The number of likely N-dealkylation sites (N-methyl/N-ethyl adjacent to an activating group) is 1. The molecule has 22 heavy (non-hydrogen) atoms. The zero-order valence-electron chi connectivity index (χ0n) is 12.7. The highest BCUT2D eigenvalue weighted by molar-refractivity contribution is 5.32. The van der Waals surface area contributed by atoms with E-state index in [1.165, 1.54) is 6.07 Å². The van der Waals surface area contributed by atoms with Crippen LogP contribution in [0.15, 0.2) is 48.5 Å². The van der Waals surface area contributed by atoms with E-state index in [0.29, 0.717) is 17.7 Å². The SMILES string of the molecule is CC(c1ccccc1F)N(C)CC(O)c1ccc(C#N)cc1. The summed E-state index contributed by atoms with van der Waals surface area (Å²) in [6, 6.07) is 15.4. The highest BCUT2D eigenvalue weighted by atomic mass is 19.1. The molecule has 0 radical (unpaired) electrons. The van der Waals surface area contributed by atoms with Crippen molar-refractivity contribution in [1.29, 1.82) is 5.26 Å². The average molecular weight is 298 g/mol. The molecule has 0 fully saturated rings. The number of nitriles is 1. The van der Waals surface area contributed by atoms with Crippen LogP contribution in [0.2, 0.25) is 0 Å². The van der Waals surface area contributed by atoms with Crippen LogP contribution < -0.4 is 0 Å². The van der Waals surface area contributed by atoms with Gasteiger partial charge in [0.2, 0.25) is 0 Å². The van der Waals surface area contributed by atoms with Gasteiger partial charge in [-0.05, 0) is 37.7 Å². The largest absolute Gasteiger partial charge is 0.387 e. The molecule has 2 atom stereocenters. The molecular weight excluding hydrogens is 279 g/mol. The maximum absolute atomic E-state index is 13.8. The third-order valence-electron chi connectivity index (χ3n) is 3.90. The van der Waals surface area contributed by atoms with Crippen molar-refractivity contribution < 1.29 is 9.50 Å². The van der Waals surface area contributed by atoms with Crippen molar-refractivity contribution in [2.75, 3.05) is 13.6 Å². The van der Waals surface area contributed by atoms with E-state index >= 15 is 0 Å². The number of benzene rings is 2. The van der Waals surface area contributed by atoms with Gasteiger partial charge in [0, 0.05) is 18.2 Å². The molecule has 0 amide bonds. The van der Waals surface area contributed by atoms with Crippen LogP contribution in [0, 0.1) is 17.1 Å². The smallest absolute Gasteiger partial charge is 0.127 e. The van der Waals surface area contributed by atoms with E-state index in [2.05, 4.69) is 0 Å². The first-order valence-electron chi connectivity index (χ1n) is 7.15. The molecule has 0 aliphatic rings. The lowest BCUT2D eigenvalue weighted by molar-refractivity contribution is 0.107. The molecular formula is C18H19FN2O. The third-order valence-corrected chi connectivity index (χ3v) is 3.90. The van der Waals surface area contributed by atoms with Gasteiger partial charge in [0.05, 0.1) is 17.7 Å². The van der Waals surface area contributed by atoms with Gasteiger partial charge in [-0.15, -0.1) is 0 Å². The Labute approximate surface area is 130 Å². The van der Waals surface area contributed by atoms with Crippen LogP contribution in [0.5, 0.6) is 0 Å². The topological polar surface area (TPSA) is 47.3 Å². The molecule has 0 aliphatic heterocycles. The molecule has 0 heterocycles. The highest BCUT2D eigenvalue weighted by Gasteiger charge is 2.18. The summed E-state index contributed by atoms with van der Waals surface area (Å²) in [5, 5.41) is 19.1. The van der Waals surface area contributed by atoms with Gasteiger partial charge < -0.3 is 5.11 Å². The van der Waals surface area contributed by atoms with Crippen LogP contribution in [0.1, 0.15) is 35.8 Å². The highest BCUT2D eigenvalue weighted by Crippen LogP contribution is 2.24. The first-order chi connectivity index (χ1) is 10.5. The van der Waals surface area contributed by atoms with Crippen molar-refractivity contribution in [2.45, 2.75) is 19.1 Å². The number of nitrogens with zero attached hydrogens (tertiary/aromatic N) is 2. The Balaban J connectivity index is 2.05. The fraction of sp³-hybridized carbons (Fsp3) is 0.278. The fourth-order valence-corrected chi connectivity index (χ4v) is 2.37. The summed E-state index contributed by atoms with van der Waals surface area (Å²) < 4.78 is 13.8. The van der Waals surface area contributed by atoms with Crippen molar-refractivity contribution in [3.8, 4) is 6.07 Å². The molecule has 2 aromatic rings. The predicted molar refractivity (Wildman–Crippen MR) is 83.6 cm³/mol. The van der Waals surface area contributed by atoms with E-state index in [1.54, 1.807) is 42.5 Å². The minimum Gasteiger partial charge on any atom is -0.387 e. The second kappa shape index (κ2) is 7.17. The van der Waals surface area contributed by atoms with Gasteiger partial charge in [-0.2, -0.15) is 5.26 Å². The van der Waals surface area contributed by atoms with Crippen molar-refractivity contribution >= 4 is 0 Å². The molecule has 1 N–H and O–H groups in total. The van der Waals surface area contributed by atoms with Crippen LogP contribution in [0.3, 0.4) is 0 Å². The quantitative estimate of drug-likeness (QED) is 0.920. The van der Waals surface area contributed by atoms with Gasteiger partial charge in [-0.25, -0.2) is 4.39 Å². The Bertz CT molecular complexity index is 664. The Morgan fingerprint density at radius 2 is 1.82 bits per heavy atom. The molecule has 0 aromatic heterocycles. The lowest BCUT2D eigenvalue weighted by Gasteiger charge is -2.27. The summed E-state index contributed by atoms with van der Waals surface area (Å²) >= 11 is 0. The number of rotatable bonds is 5. The average Bonchev–Trinajstić information content (AvgIpc) is 2.54. The molecule has 3 nitrogen and oxygen atoms in total. The molecule has 4 heteroatoms. The van der Waals surface area contributed by atoms with Crippen molar-refractivity contribution in [1.82, 2.24) is 4.90 Å². The maximum atomic E-state index is 13.8. The predicted octanol–water partition coefficient (Wildman–Crippen LogP) is 3.42. The molecule has 2 aromatic carbocycles. The van der Waals surface area contributed by atoms with Gasteiger partial charge in [0.25, 0.3) is 0 Å². The first kappa shape index (κ1) is 16.2. The van der Waals surface area contributed by atoms with Crippen LogP contribution in [-0.4, -0.2) is 23.6 Å². The minimum absolute atomic E-state index is 0.144. The van der Waals surface area contributed by atoms with Crippen LogP contribution in [0.4, 0.5) is 4.39 Å². The standard InChI is InChI=1S/C18H19FN2O/c1-13(16-5-3-4-6-17(16)19)21(2)12-18(22)15-9-7-14(11-20)8-10-15/h3-10,13,18,22H,12H2,1-2H3. The van der Waals surface area contributed by atoms with E-state index in [-0.39, 0.29) is 11.9 Å². The summed E-state index contributed by atoms with van der Waals surface area (Å²) in [5.74, 6) is -0.241. The zero-order valence-corrected chi connectivity index (χ0v) is 12.7. The first-order valence-corrected chi connectivity index (χ1v) is 7.15. The van der Waals surface area contributed by atoms with Crippen molar-refractivity contribution in [2.24, 2.45) is 0 Å². The maximum Gasteiger partial charge on any atom is 0.127 e. The van der Waals surface area contributed by atoms with Crippen LogP contribution >= 0.6 is 0 Å². The second-order valence-corrected chi connectivity index (χ2v) is 5.39. The van der Waals surface area contributed by atoms with Gasteiger partial charge in [-0.1, -0.05) is 30.3 Å². The molecule has 0 saturated heterocycles. The number of hydrogen-bond acceptors (Lipinski definition) is 3. The van der Waals surface area contributed by atoms with Crippen molar-refractivity contribution in [3.63, 3.8) is 0 Å². The molecule has 114 valence electrons. The monoisotopic (exact) mass is 298 g/mol. The van der Waals surface area contributed by atoms with Gasteiger partial charge in [0.15, 0.2) is 0 Å². The molecule has 2 unspecified atom stereocenters. The number of aliphatic hydroxyl groups excluding tert-OH is 1. The van der Waals surface area contributed by atoms with E-state index in [4.69, 9.17) is 5.26 Å². The zero-order chi connectivity index (χ0) is 16.1. The summed E-state index contributed by atoms with van der Waals surface area (Å²) in [7, 11) is 1.85. The van der Waals surface area contributed by atoms with E-state index in [1.807, 2.05) is 24.9 Å². The van der Waals surface area contributed by atoms with Crippen molar-refractivity contribution in [3.05, 3.63) is 71.0 Å². The fourth-order valence-electron chi connectivity index (χ4n) is 2.37. The summed E-state index contributed by atoms with van der Waals surface area (Å²) in [6.07, 6.45) is -0.688. The Kier molecular flexibility index (Phi) is 5.26. The molecule has 0 bridgehead atoms. The Morgan fingerprint density at radius 3 is 2.41 bits per heavy atom. The number of aliphatic hydroxyl groups is 1. The minimum atomic E-state index is -0.688. The van der Waals surface area contributed by atoms with Gasteiger partial charge in [-0.3, -0.25) is 4.90 Å². The molecule has 0 spiro atoms. The molecule has 0 saturated carbocycles. The van der Waals surface area contributed by atoms with Crippen LogP contribution in [-0.2, 0) is 0 Å². The Morgan fingerprint density at radius 1 is 1.18 bits per heavy atom. The molecule has 0 aliphatic carbocycles. The lowest BCUT2D eigenvalue weighted by atomic mass is 10.0. The number of halogens is 1. The third kappa shape index (κ3) is 3.70. The normalized spacial score (nSPS) is 13.6. The van der Waals surface area contributed by atoms with Crippen LogP contribution in [0.25, 0.3) is 0 Å². The summed E-state index contributed by atoms with van der Waals surface area (Å²) in [4.78, 5) is 1.90. The summed E-state index contributed by atoms with van der Waals surface area (Å²) in [5.41, 5.74) is 1.91. The lowest BCUT2D eigenvalue weighted by Crippen LogP contribution is -2.28. The van der Waals surface area contributed by atoms with E-state index < -0.39 is 6.10 Å². The van der Waals surface area contributed by atoms with Gasteiger partial charge >= 0.3 is 0 Å². The number of hydrogen-bond donors (Lipinski definition) is 1. The summed E-state index contributed by atoms with van der Waals surface area (Å²) in [6.45, 7) is 2.28. The second-order valence-electron chi connectivity index (χ2n) is 5.39. The van der Waals surface area contributed by atoms with E-state index in [9.17, 15) is 9.50 Å². The Hall–Kier alpha value is -2.22. The van der Waals surface area contributed by atoms with E-state index in [0.717, 1.165) is 5.56 Å². The molecule has 2 rings (SSSR count). The van der Waals surface area contributed by atoms with Gasteiger partial charge in [0.1, 0.15) is 5.82 Å².